The number of carboxylic acid groups (broad SMARTS) is 1. The zero-order chi connectivity index (χ0) is 17.3. The van der Waals surface area contributed by atoms with Gasteiger partial charge in [0, 0.05) is 19.5 Å². The van der Waals surface area contributed by atoms with Crippen LogP contribution in [-0.4, -0.2) is 42.1 Å². The Labute approximate surface area is 142 Å². The lowest BCUT2D eigenvalue weighted by Crippen LogP contribution is -2.35. The number of aryl methyl sites for hydroxylation is 1. The first kappa shape index (κ1) is 16.8. The van der Waals surface area contributed by atoms with Crippen molar-refractivity contribution in [2.75, 3.05) is 20.2 Å². The first-order valence-electron chi connectivity index (χ1n) is 8.61. The van der Waals surface area contributed by atoms with Crippen molar-refractivity contribution in [1.29, 1.82) is 0 Å². The molecule has 3 rings (SSSR count). The molecule has 2 atom stereocenters. The fourth-order valence-electron chi connectivity index (χ4n) is 3.92. The third kappa shape index (κ3) is 3.12. The third-order valence-electron chi connectivity index (χ3n) is 5.55. The molecule has 5 nitrogen and oxygen atoms in total. The number of likely N-dealkylation sites (tertiary alicyclic amines) is 1. The zero-order valence-electron chi connectivity index (χ0n) is 14.4. The number of hydrogen-bond donors (Lipinski definition) is 1. The summed E-state index contributed by atoms with van der Waals surface area (Å²) in [6, 6.07) is 6.11. The highest BCUT2D eigenvalue weighted by Crippen LogP contribution is 2.37. The quantitative estimate of drug-likeness (QED) is 0.921. The van der Waals surface area contributed by atoms with Gasteiger partial charge in [-0.25, -0.2) is 0 Å². The van der Waals surface area contributed by atoms with Gasteiger partial charge in [0.2, 0.25) is 5.91 Å². The predicted octanol–water partition coefficient (Wildman–Crippen LogP) is 2.83. The number of aliphatic carboxylic acids is 1. The number of amides is 1. The van der Waals surface area contributed by atoms with Gasteiger partial charge < -0.3 is 14.7 Å². The van der Waals surface area contributed by atoms with E-state index in [1.807, 2.05) is 6.07 Å². The van der Waals surface area contributed by atoms with Crippen LogP contribution in [-0.2, 0) is 16.0 Å². The van der Waals surface area contributed by atoms with Gasteiger partial charge in [0.05, 0.1) is 12.5 Å². The summed E-state index contributed by atoms with van der Waals surface area (Å²) in [5, 5.41) is 9.32. The van der Waals surface area contributed by atoms with Crippen LogP contribution in [0.1, 0.15) is 49.7 Å². The van der Waals surface area contributed by atoms with E-state index >= 15 is 0 Å². The third-order valence-corrected chi connectivity index (χ3v) is 5.55. The largest absolute Gasteiger partial charge is 0.497 e. The second-order valence-electron chi connectivity index (χ2n) is 7.29. The van der Waals surface area contributed by atoms with E-state index < -0.39 is 11.4 Å². The number of carboxylic acids is 1. The van der Waals surface area contributed by atoms with Crippen LogP contribution in [0.3, 0.4) is 0 Å². The SMILES string of the molecule is COc1ccc2c(c1)CCC[C@@H]2CC(=O)N1CC[C@@](C)(C(=O)O)C1. The molecule has 5 heteroatoms. The molecule has 1 aliphatic carbocycles. The molecule has 1 N–H and O–H groups in total. The minimum absolute atomic E-state index is 0.0774. The number of benzene rings is 1. The highest BCUT2D eigenvalue weighted by Gasteiger charge is 2.42. The summed E-state index contributed by atoms with van der Waals surface area (Å²) < 4.78 is 5.29. The molecule has 1 amide bonds. The van der Waals surface area contributed by atoms with Crippen molar-refractivity contribution in [3.63, 3.8) is 0 Å². The number of nitrogens with zero attached hydrogens (tertiary/aromatic N) is 1. The standard InChI is InChI=1S/C19H25NO4/c1-19(18(22)23)8-9-20(12-19)17(21)11-14-5-3-4-13-10-15(24-2)6-7-16(13)14/h6-7,10,14H,3-5,8-9,11-12H2,1-2H3,(H,22,23)/t14-,19-/m1/s1. The molecule has 0 unspecified atom stereocenters. The van der Waals surface area contributed by atoms with Gasteiger partial charge >= 0.3 is 5.97 Å². The Hall–Kier alpha value is -2.04. The molecule has 0 bridgehead atoms. The Morgan fingerprint density at radius 3 is 2.88 bits per heavy atom. The van der Waals surface area contributed by atoms with E-state index in [0.29, 0.717) is 25.9 Å². The molecule has 1 heterocycles. The molecular weight excluding hydrogens is 306 g/mol. The number of rotatable bonds is 4. The summed E-state index contributed by atoms with van der Waals surface area (Å²) in [6.07, 6.45) is 4.11. The fourth-order valence-corrected chi connectivity index (χ4v) is 3.92. The van der Waals surface area contributed by atoms with E-state index in [0.717, 1.165) is 25.0 Å². The van der Waals surface area contributed by atoms with Crippen LogP contribution in [0.15, 0.2) is 18.2 Å². The number of fused-ring (bicyclic) bond motifs is 1. The van der Waals surface area contributed by atoms with Gasteiger partial charge in [-0.2, -0.15) is 0 Å². The van der Waals surface area contributed by atoms with Crippen molar-refractivity contribution in [2.24, 2.45) is 5.41 Å². The van der Waals surface area contributed by atoms with Crippen molar-refractivity contribution >= 4 is 11.9 Å². The lowest BCUT2D eigenvalue weighted by molar-refractivity contribution is -0.147. The Bertz CT molecular complexity index is 657. The first-order chi connectivity index (χ1) is 11.4. The van der Waals surface area contributed by atoms with E-state index in [9.17, 15) is 14.7 Å². The van der Waals surface area contributed by atoms with Gasteiger partial charge in [-0.05, 0) is 61.8 Å². The monoisotopic (exact) mass is 331 g/mol. The van der Waals surface area contributed by atoms with Crippen molar-refractivity contribution in [3.05, 3.63) is 29.3 Å². The van der Waals surface area contributed by atoms with Gasteiger partial charge in [0.15, 0.2) is 0 Å². The fraction of sp³-hybridized carbons (Fsp3) is 0.579. The van der Waals surface area contributed by atoms with E-state index in [-0.39, 0.29) is 11.8 Å². The molecule has 0 aromatic heterocycles. The molecule has 2 aliphatic rings. The molecule has 1 fully saturated rings. The van der Waals surface area contributed by atoms with Crippen LogP contribution in [0.4, 0.5) is 0 Å². The molecule has 0 spiro atoms. The summed E-state index contributed by atoms with van der Waals surface area (Å²) in [5.41, 5.74) is 1.72. The van der Waals surface area contributed by atoms with Crippen LogP contribution in [0.2, 0.25) is 0 Å². The molecular formula is C19H25NO4. The summed E-state index contributed by atoms with van der Waals surface area (Å²) in [6.45, 7) is 2.60. The second-order valence-corrected chi connectivity index (χ2v) is 7.29. The first-order valence-corrected chi connectivity index (χ1v) is 8.61. The zero-order valence-corrected chi connectivity index (χ0v) is 14.4. The lowest BCUT2D eigenvalue weighted by Gasteiger charge is -2.27. The van der Waals surface area contributed by atoms with E-state index in [2.05, 4.69) is 12.1 Å². The average molecular weight is 331 g/mol. The van der Waals surface area contributed by atoms with Crippen LogP contribution in [0, 0.1) is 5.41 Å². The van der Waals surface area contributed by atoms with Gasteiger partial charge in [0.25, 0.3) is 0 Å². The van der Waals surface area contributed by atoms with Crippen LogP contribution in [0.5, 0.6) is 5.75 Å². The summed E-state index contributed by atoms with van der Waals surface area (Å²) in [7, 11) is 1.67. The van der Waals surface area contributed by atoms with Crippen molar-refractivity contribution in [1.82, 2.24) is 4.90 Å². The smallest absolute Gasteiger partial charge is 0.311 e. The van der Waals surface area contributed by atoms with Gasteiger partial charge in [-0.3, -0.25) is 9.59 Å². The maximum atomic E-state index is 12.7. The van der Waals surface area contributed by atoms with E-state index in [4.69, 9.17) is 4.74 Å². The van der Waals surface area contributed by atoms with Gasteiger partial charge in [-0.15, -0.1) is 0 Å². The minimum Gasteiger partial charge on any atom is -0.497 e. The lowest BCUT2D eigenvalue weighted by atomic mass is 9.80. The molecule has 1 aliphatic heterocycles. The van der Waals surface area contributed by atoms with Gasteiger partial charge in [-0.1, -0.05) is 6.07 Å². The predicted molar refractivity (Wildman–Crippen MR) is 90.2 cm³/mol. The number of hydrogen-bond acceptors (Lipinski definition) is 3. The number of ether oxygens (including phenoxy) is 1. The minimum atomic E-state index is -0.812. The van der Waals surface area contributed by atoms with Crippen molar-refractivity contribution in [3.8, 4) is 5.75 Å². The summed E-state index contributed by atoms with van der Waals surface area (Å²) in [4.78, 5) is 25.7. The summed E-state index contributed by atoms with van der Waals surface area (Å²) in [5.74, 6) is 0.350. The highest BCUT2D eigenvalue weighted by molar-refractivity contribution is 5.81. The van der Waals surface area contributed by atoms with E-state index in [1.54, 1.807) is 18.9 Å². The van der Waals surface area contributed by atoms with E-state index in [1.165, 1.54) is 11.1 Å². The highest BCUT2D eigenvalue weighted by atomic mass is 16.5. The number of carbonyl (C=O) groups is 2. The topological polar surface area (TPSA) is 66.8 Å². The summed E-state index contributed by atoms with van der Waals surface area (Å²) >= 11 is 0. The Balaban J connectivity index is 1.69. The molecule has 1 aromatic rings. The number of methoxy groups -OCH3 is 1. The molecule has 130 valence electrons. The molecule has 1 saturated heterocycles. The van der Waals surface area contributed by atoms with Crippen LogP contribution in [0.25, 0.3) is 0 Å². The Kier molecular flexibility index (Phi) is 4.52. The maximum Gasteiger partial charge on any atom is 0.311 e. The normalized spacial score (nSPS) is 26.1. The Morgan fingerprint density at radius 1 is 1.42 bits per heavy atom. The van der Waals surface area contributed by atoms with Crippen LogP contribution < -0.4 is 4.74 Å². The molecule has 0 saturated carbocycles. The Morgan fingerprint density at radius 2 is 2.21 bits per heavy atom. The van der Waals surface area contributed by atoms with Crippen molar-refractivity contribution < 1.29 is 19.4 Å². The number of carbonyl (C=O) groups excluding carboxylic acids is 1. The second kappa shape index (κ2) is 6.46. The van der Waals surface area contributed by atoms with Crippen molar-refractivity contribution in [2.45, 2.75) is 44.9 Å². The van der Waals surface area contributed by atoms with Gasteiger partial charge in [0.1, 0.15) is 5.75 Å². The molecule has 0 radical (unpaired) electrons. The molecule has 24 heavy (non-hydrogen) atoms. The maximum absolute atomic E-state index is 12.7. The average Bonchev–Trinajstić information content (AvgIpc) is 2.98. The van der Waals surface area contributed by atoms with Crippen LogP contribution >= 0.6 is 0 Å². The molecule has 1 aromatic carbocycles.